The van der Waals surface area contributed by atoms with E-state index in [1.54, 1.807) is 32.9 Å². The van der Waals surface area contributed by atoms with Crippen LogP contribution in [0, 0.1) is 6.92 Å². The summed E-state index contributed by atoms with van der Waals surface area (Å²) in [5, 5.41) is 8.52. The molecule has 1 aromatic rings. The maximum Gasteiger partial charge on any atom is 0.334 e. The lowest BCUT2D eigenvalue weighted by atomic mass is 10.2. The van der Waals surface area contributed by atoms with Gasteiger partial charge in [0.25, 0.3) is 0 Å². The van der Waals surface area contributed by atoms with Crippen LogP contribution in [-0.4, -0.2) is 40.6 Å². The first-order chi connectivity index (χ1) is 10.2. The molecule has 5 heteroatoms. The zero-order valence-corrected chi connectivity index (χ0v) is 13.7. The molecule has 1 N–H and O–H groups in total. The van der Waals surface area contributed by atoms with Crippen LogP contribution in [-0.2, 0) is 9.59 Å². The van der Waals surface area contributed by atoms with Crippen LogP contribution >= 0.6 is 0 Å². The van der Waals surface area contributed by atoms with E-state index in [-0.39, 0.29) is 5.97 Å². The van der Waals surface area contributed by atoms with Crippen LogP contribution < -0.4 is 4.74 Å². The molecule has 1 aliphatic heterocycles. The first kappa shape index (κ1) is 18.2. The van der Waals surface area contributed by atoms with Gasteiger partial charge in [0, 0.05) is 6.54 Å². The number of benzene rings is 1. The second kappa shape index (κ2) is 7.94. The van der Waals surface area contributed by atoms with E-state index in [4.69, 9.17) is 9.84 Å². The van der Waals surface area contributed by atoms with Crippen LogP contribution in [0.4, 0.5) is 0 Å². The van der Waals surface area contributed by atoms with E-state index in [0.717, 1.165) is 12.0 Å². The van der Waals surface area contributed by atoms with Crippen LogP contribution in [0.25, 0.3) is 0 Å². The van der Waals surface area contributed by atoms with Crippen molar-refractivity contribution in [3.63, 3.8) is 0 Å². The number of nitrogens with zero attached hydrogens (tertiary/aromatic N) is 1. The summed E-state index contributed by atoms with van der Waals surface area (Å²) in [5.74, 6) is 0.178. The molecule has 0 aliphatic carbocycles. The molecule has 0 radical (unpaired) electrons. The summed E-state index contributed by atoms with van der Waals surface area (Å²) in [6, 6.07) is 6.86. The number of amides is 1. The van der Waals surface area contributed by atoms with Gasteiger partial charge in [0.05, 0.1) is 5.60 Å². The van der Waals surface area contributed by atoms with Gasteiger partial charge in [0.2, 0.25) is 6.41 Å². The fourth-order valence-electron chi connectivity index (χ4n) is 1.96. The summed E-state index contributed by atoms with van der Waals surface area (Å²) in [4.78, 5) is 24.1. The van der Waals surface area contributed by atoms with Gasteiger partial charge in [-0.3, -0.25) is 4.79 Å². The number of esters is 1. The molecule has 1 atom stereocenters. The molecule has 0 aromatic heterocycles. The van der Waals surface area contributed by atoms with E-state index in [0.29, 0.717) is 25.1 Å². The molecule has 0 bridgehead atoms. The fraction of sp³-hybridized carbons (Fsp3) is 0.529. The third-order valence-corrected chi connectivity index (χ3v) is 2.94. The van der Waals surface area contributed by atoms with Gasteiger partial charge in [0.1, 0.15) is 11.8 Å². The summed E-state index contributed by atoms with van der Waals surface area (Å²) in [7, 11) is 0. The molecule has 1 amide bonds. The Hall–Kier alpha value is -1.88. The lowest BCUT2D eigenvalue weighted by molar-refractivity contribution is -0.142. The van der Waals surface area contributed by atoms with Crippen molar-refractivity contribution in [1.82, 2.24) is 4.90 Å². The van der Waals surface area contributed by atoms with Gasteiger partial charge in [-0.15, -0.1) is 0 Å². The van der Waals surface area contributed by atoms with E-state index < -0.39 is 11.6 Å². The van der Waals surface area contributed by atoms with E-state index >= 15 is 0 Å². The van der Waals surface area contributed by atoms with Crippen molar-refractivity contribution in [1.29, 1.82) is 0 Å². The van der Waals surface area contributed by atoms with Crippen molar-refractivity contribution in [2.24, 2.45) is 0 Å². The highest BCUT2D eigenvalue weighted by molar-refractivity contribution is 5.80. The molecule has 2 rings (SSSR count). The molecule has 0 saturated carbocycles. The number of rotatable bonds is 3. The average Bonchev–Trinajstić information content (AvgIpc) is 2.88. The zero-order valence-electron chi connectivity index (χ0n) is 13.7. The van der Waals surface area contributed by atoms with Gasteiger partial charge >= 0.3 is 5.97 Å². The molecule has 1 aromatic carbocycles. The highest BCUT2D eigenvalue weighted by Crippen LogP contribution is 2.19. The Balaban J connectivity index is 0.000000422. The Labute approximate surface area is 131 Å². The van der Waals surface area contributed by atoms with E-state index in [9.17, 15) is 9.59 Å². The molecule has 5 nitrogen and oxygen atoms in total. The molecule has 122 valence electrons. The van der Waals surface area contributed by atoms with Crippen molar-refractivity contribution < 1.29 is 19.4 Å². The smallest absolute Gasteiger partial charge is 0.334 e. The lowest BCUT2D eigenvalue weighted by Gasteiger charge is -2.18. The number of hydrogen-bond donors (Lipinski definition) is 1. The van der Waals surface area contributed by atoms with E-state index in [1.807, 2.05) is 19.1 Å². The summed E-state index contributed by atoms with van der Waals surface area (Å²) < 4.78 is 5.25. The first-order valence-corrected chi connectivity index (χ1v) is 7.42. The second-order valence-corrected chi connectivity index (χ2v) is 6.41. The minimum atomic E-state index is -0.500. The highest BCUT2D eigenvalue weighted by atomic mass is 16.5. The predicted octanol–water partition coefficient (Wildman–Crippen LogP) is 2.30. The number of ether oxygens (including phenoxy) is 1. The average molecular weight is 307 g/mol. The predicted molar refractivity (Wildman–Crippen MR) is 84.6 cm³/mol. The van der Waals surface area contributed by atoms with Gasteiger partial charge in [-0.25, -0.2) is 4.79 Å². The number of carbonyl (C=O) groups is 2. The lowest BCUT2D eigenvalue weighted by Crippen LogP contribution is -2.37. The minimum Gasteiger partial charge on any atom is -0.425 e. The first-order valence-electron chi connectivity index (χ1n) is 7.42. The van der Waals surface area contributed by atoms with Crippen LogP contribution in [0.1, 0.15) is 39.2 Å². The van der Waals surface area contributed by atoms with Crippen LogP contribution in [0.2, 0.25) is 0 Å². The Morgan fingerprint density at radius 1 is 1.32 bits per heavy atom. The summed E-state index contributed by atoms with van der Waals surface area (Å²) >= 11 is 0. The van der Waals surface area contributed by atoms with Crippen LogP contribution in [0.15, 0.2) is 24.3 Å². The molecule has 0 spiro atoms. The summed E-state index contributed by atoms with van der Waals surface area (Å²) in [5.41, 5.74) is 0.611. The highest BCUT2D eigenvalue weighted by Gasteiger charge is 2.31. The Bertz CT molecular complexity index is 484. The number of likely N-dealkylation sites (tertiary alicyclic amines) is 1. The SMILES string of the molecule is CC(C)(C)O.Cc1ccc(OC(=O)C2CCCN2C=O)cc1. The molecule has 22 heavy (non-hydrogen) atoms. The number of carbonyl (C=O) groups excluding carboxylic acids is 2. The zero-order chi connectivity index (χ0) is 16.8. The van der Waals surface area contributed by atoms with Gasteiger partial charge in [-0.2, -0.15) is 0 Å². The maximum absolute atomic E-state index is 11.8. The molecule has 1 saturated heterocycles. The van der Waals surface area contributed by atoms with E-state index in [1.165, 1.54) is 4.90 Å². The van der Waals surface area contributed by atoms with Gasteiger partial charge in [-0.05, 0) is 52.7 Å². The largest absolute Gasteiger partial charge is 0.425 e. The quantitative estimate of drug-likeness (QED) is 0.528. The Kier molecular flexibility index (Phi) is 6.56. The monoisotopic (exact) mass is 307 g/mol. The maximum atomic E-state index is 11.8. The Morgan fingerprint density at radius 2 is 1.86 bits per heavy atom. The molecular weight excluding hydrogens is 282 g/mol. The number of aliphatic hydroxyl groups is 1. The molecule has 1 aliphatic rings. The molecule has 1 fully saturated rings. The van der Waals surface area contributed by atoms with Crippen molar-refractivity contribution in [3.8, 4) is 5.75 Å². The molecule has 1 heterocycles. The number of hydrogen-bond acceptors (Lipinski definition) is 4. The standard InChI is InChI=1S/C13H15NO3.C4H10O/c1-10-4-6-11(7-5-10)17-13(16)12-3-2-8-14(12)9-15;1-4(2,3)5/h4-7,9,12H,2-3,8H2,1H3;5H,1-3H3. The summed E-state index contributed by atoms with van der Waals surface area (Å²) in [6.07, 6.45) is 2.25. The third-order valence-electron chi connectivity index (χ3n) is 2.94. The van der Waals surface area contributed by atoms with Gasteiger partial charge in [0.15, 0.2) is 0 Å². The molecule has 1 unspecified atom stereocenters. The fourth-order valence-corrected chi connectivity index (χ4v) is 1.96. The molecular formula is C17H25NO4. The van der Waals surface area contributed by atoms with Crippen LogP contribution in [0.3, 0.4) is 0 Å². The Morgan fingerprint density at radius 3 is 2.36 bits per heavy atom. The third kappa shape index (κ3) is 6.72. The van der Waals surface area contributed by atoms with Crippen molar-refractivity contribution in [2.75, 3.05) is 6.54 Å². The van der Waals surface area contributed by atoms with Gasteiger partial charge < -0.3 is 14.7 Å². The summed E-state index contributed by atoms with van der Waals surface area (Å²) in [6.45, 7) is 7.83. The van der Waals surface area contributed by atoms with Crippen LogP contribution in [0.5, 0.6) is 5.75 Å². The number of aryl methyl sites for hydroxylation is 1. The topological polar surface area (TPSA) is 66.8 Å². The van der Waals surface area contributed by atoms with Crippen molar-refractivity contribution in [3.05, 3.63) is 29.8 Å². The normalized spacial score (nSPS) is 17.5. The van der Waals surface area contributed by atoms with Crippen molar-refractivity contribution >= 4 is 12.4 Å². The van der Waals surface area contributed by atoms with Gasteiger partial charge in [-0.1, -0.05) is 17.7 Å². The second-order valence-electron chi connectivity index (χ2n) is 6.41. The minimum absolute atomic E-state index is 0.349. The van der Waals surface area contributed by atoms with E-state index in [2.05, 4.69) is 0 Å². The van der Waals surface area contributed by atoms with Crippen molar-refractivity contribution in [2.45, 2.75) is 52.2 Å².